The highest BCUT2D eigenvalue weighted by Gasteiger charge is 2.11. The molecule has 2 aromatic carbocycles. The van der Waals surface area contributed by atoms with Crippen molar-refractivity contribution >= 4 is 35.1 Å². The van der Waals surface area contributed by atoms with Crippen molar-refractivity contribution in [3.8, 4) is 17.6 Å². The standard InChI is InChI=1S/C23H24N4O4.ClH/c1-15(27(2)3)31-19-10-11-20-18(13-19)14-21(25-20)23(29)24-12-4-5-16-6-8-17(9-7-16)22(28)26-30;/h6-11,13-15,25,30H,12H2,1-3H3,(H,24,29)(H,26,28);1H. The Morgan fingerprint density at radius 2 is 1.84 bits per heavy atom. The summed E-state index contributed by atoms with van der Waals surface area (Å²) in [6.45, 7) is 2.13. The molecule has 168 valence electrons. The van der Waals surface area contributed by atoms with Crippen LogP contribution in [0.5, 0.6) is 5.75 Å². The van der Waals surface area contributed by atoms with Gasteiger partial charge < -0.3 is 15.0 Å². The van der Waals surface area contributed by atoms with E-state index >= 15 is 0 Å². The first-order chi connectivity index (χ1) is 14.9. The lowest BCUT2D eigenvalue weighted by atomic mass is 10.1. The van der Waals surface area contributed by atoms with Crippen LogP contribution in [0.3, 0.4) is 0 Å². The van der Waals surface area contributed by atoms with Crippen LogP contribution in [-0.4, -0.2) is 53.8 Å². The molecule has 3 aromatic rings. The lowest BCUT2D eigenvalue weighted by Gasteiger charge is -2.21. The lowest BCUT2D eigenvalue weighted by Crippen LogP contribution is -2.30. The Morgan fingerprint density at radius 1 is 1.12 bits per heavy atom. The van der Waals surface area contributed by atoms with Crippen LogP contribution in [0.15, 0.2) is 48.5 Å². The Kier molecular flexibility index (Phi) is 8.67. The Morgan fingerprint density at radius 3 is 2.50 bits per heavy atom. The number of carbonyl (C=O) groups excluding carboxylic acids is 2. The SMILES string of the molecule is CC(Oc1ccc2[nH]c(C(=O)NCC#Cc3ccc(C(=O)NO)cc3)cc2c1)N(C)C.Cl. The van der Waals surface area contributed by atoms with Gasteiger partial charge in [0.1, 0.15) is 17.7 Å². The summed E-state index contributed by atoms with van der Waals surface area (Å²) >= 11 is 0. The third kappa shape index (κ3) is 6.25. The highest BCUT2D eigenvalue weighted by molar-refractivity contribution is 5.98. The fraction of sp³-hybridized carbons (Fsp3) is 0.217. The minimum atomic E-state index is -0.587. The predicted molar refractivity (Wildman–Crippen MR) is 124 cm³/mol. The smallest absolute Gasteiger partial charge is 0.274 e. The number of benzene rings is 2. The number of H-pyrrole nitrogens is 1. The van der Waals surface area contributed by atoms with Gasteiger partial charge in [0.25, 0.3) is 11.8 Å². The third-order valence-corrected chi connectivity index (χ3v) is 4.69. The van der Waals surface area contributed by atoms with Crippen LogP contribution in [0.1, 0.15) is 33.3 Å². The average molecular weight is 457 g/mol. The first-order valence-corrected chi connectivity index (χ1v) is 9.65. The van der Waals surface area contributed by atoms with Gasteiger partial charge in [0.05, 0.1) is 6.54 Å². The van der Waals surface area contributed by atoms with Gasteiger partial charge in [-0.15, -0.1) is 12.4 Å². The molecule has 0 spiro atoms. The second-order valence-electron chi connectivity index (χ2n) is 7.12. The van der Waals surface area contributed by atoms with E-state index in [-0.39, 0.29) is 31.1 Å². The highest BCUT2D eigenvalue weighted by Crippen LogP contribution is 2.22. The van der Waals surface area contributed by atoms with Crippen LogP contribution in [0.2, 0.25) is 0 Å². The molecule has 4 N–H and O–H groups in total. The summed E-state index contributed by atoms with van der Waals surface area (Å²) < 4.78 is 5.86. The molecule has 0 aliphatic heterocycles. The normalized spacial score (nSPS) is 11.2. The number of hydrogen-bond donors (Lipinski definition) is 4. The fourth-order valence-electron chi connectivity index (χ4n) is 2.74. The quantitative estimate of drug-likeness (QED) is 0.197. The van der Waals surface area contributed by atoms with E-state index in [4.69, 9.17) is 9.94 Å². The predicted octanol–water partition coefficient (Wildman–Crippen LogP) is 2.78. The van der Waals surface area contributed by atoms with Crippen molar-refractivity contribution in [2.24, 2.45) is 0 Å². The number of hydroxylamine groups is 1. The van der Waals surface area contributed by atoms with Crippen molar-refractivity contribution < 1.29 is 19.5 Å². The second-order valence-corrected chi connectivity index (χ2v) is 7.12. The van der Waals surface area contributed by atoms with E-state index in [9.17, 15) is 9.59 Å². The number of aromatic nitrogens is 1. The van der Waals surface area contributed by atoms with Crippen LogP contribution >= 0.6 is 12.4 Å². The molecule has 1 atom stereocenters. The number of hydrogen-bond acceptors (Lipinski definition) is 5. The van der Waals surface area contributed by atoms with Crippen molar-refractivity contribution in [2.45, 2.75) is 13.2 Å². The van der Waals surface area contributed by atoms with Gasteiger partial charge in [-0.05, 0) is 69.6 Å². The molecule has 0 radical (unpaired) electrons. The molecule has 0 aliphatic carbocycles. The van der Waals surface area contributed by atoms with E-state index in [1.165, 1.54) is 0 Å². The molecule has 8 nitrogen and oxygen atoms in total. The van der Waals surface area contributed by atoms with Crippen molar-refractivity contribution in [1.82, 2.24) is 20.7 Å². The fourth-order valence-corrected chi connectivity index (χ4v) is 2.74. The van der Waals surface area contributed by atoms with Gasteiger partial charge >= 0.3 is 0 Å². The zero-order chi connectivity index (χ0) is 22.4. The van der Waals surface area contributed by atoms with E-state index in [2.05, 4.69) is 22.1 Å². The number of fused-ring (bicyclic) bond motifs is 1. The molecule has 1 heterocycles. The van der Waals surface area contributed by atoms with Gasteiger partial charge in [-0.1, -0.05) is 11.8 Å². The van der Waals surface area contributed by atoms with Crippen molar-refractivity contribution in [3.63, 3.8) is 0 Å². The summed E-state index contributed by atoms with van der Waals surface area (Å²) in [5.74, 6) is 5.66. The first kappa shape index (κ1) is 24.8. The Balaban J connectivity index is 0.00000363. The largest absolute Gasteiger partial charge is 0.475 e. The summed E-state index contributed by atoms with van der Waals surface area (Å²) in [5.41, 5.74) is 3.86. The van der Waals surface area contributed by atoms with E-state index in [0.29, 0.717) is 16.8 Å². The number of rotatable bonds is 6. The van der Waals surface area contributed by atoms with E-state index < -0.39 is 5.91 Å². The molecular weight excluding hydrogens is 432 g/mol. The Hall–Kier alpha value is -3.51. The van der Waals surface area contributed by atoms with E-state index in [0.717, 1.165) is 16.7 Å². The minimum Gasteiger partial charge on any atom is -0.475 e. The van der Waals surface area contributed by atoms with Crippen molar-refractivity contribution in [3.05, 3.63) is 65.4 Å². The summed E-state index contributed by atoms with van der Waals surface area (Å²) in [7, 11) is 3.88. The molecule has 2 amide bonds. The number of nitrogens with one attached hydrogen (secondary N) is 3. The van der Waals surface area contributed by atoms with E-state index in [1.807, 2.05) is 44.1 Å². The van der Waals surface area contributed by atoms with Crippen LogP contribution in [0.4, 0.5) is 0 Å². The number of carbonyl (C=O) groups is 2. The van der Waals surface area contributed by atoms with E-state index in [1.54, 1.807) is 35.8 Å². The zero-order valence-corrected chi connectivity index (χ0v) is 18.7. The van der Waals surface area contributed by atoms with Crippen molar-refractivity contribution in [2.75, 3.05) is 20.6 Å². The average Bonchev–Trinajstić information content (AvgIpc) is 3.20. The molecular formula is C23H25ClN4O4. The molecule has 1 aromatic heterocycles. The van der Waals surface area contributed by atoms with Crippen LogP contribution in [0.25, 0.3) is 10.9 Å². The van der Waals surface area contributed by atoms with Gasteiger partial charge in [-0.2, -0.15) is 0 Å². The topological polar surface area (TPSA) is 107 Å². The maximum absolute atomic E-state index is 12.4. The molecule has 9 heteroatoms. The molecule has 0 saturated carbocycles. The molecule has 0 saturated heterocycles. The first-order valence-electron chi connectivity index (χ1n) is 9.65. The minimum absolute atomic E-state index is 0. The van der Waals surface area contributed by atoms with Crippen LogP contribution in [0, 0.1) is 11.8 Å². The zero-order valence-electron chi connectivity index (χ0n) is 17.9. The van der Waals surface area contributed by atoms with Crippen LogP contribution in [-0.2, 0) is 0 Å². The molecule has 3 rings (SSSR count). The Bertz CT molecular complexity index is 1150. The summed E-state index contributed by atoms with van der Waals surface area (Å²) in [6, 6.07) is 13.8. The van der Waals surface area contributed by atoms with Gasteiger partial charge in [-0.25, -0.2) is 5.48 Å². The second kappa shape index (κ2) is 11.2. The van der Waals surface area contributed by atoms with Gasteiger partial charge in [0, 0.05) is 22.0 Å². The molecule has 0 aliphatic rings. The number of halogens is 1. The van der Waals surface area contributed by atoms with Gasteiger partial charge in [0.2, 0.25) is 0 Å². The maximum Gasteiger partial charge on any atom is 0.274 e. The lowest BCUT2D eigenvalue weighted by molar-refractivity contribution is 0.0706. The third-order valence-electron chi connectivity index (χ3n) is 4.69. The van der Waals surface area contributed by atoms with Crippen LogP contribution < -0.4 is 15.5 Å². The molecule has 0 fully saturated rings. The summed E-state index contributed by atoms with van der Waals surface area (Å²) in [4.78, 5) is 28.8. The highest BCUT2D eigenvalue weighted by atomic mass is 35.5. The maximum atomic E-state index is 12.4. The van der Waals surface area contributed by atoms with Gasteiger partial charge in [-0.3, -0.25) is 19.7 Å². The summed E-state index contributed by atoms with van der Waals surface area (Å²) in [5, 5.41) is 12.2. The van der Waals surface area contributed by atoms with Crippen molar-refractivity contribution in [1.29, 1.82) is 0 Å². The molecule has 0 bridgehead atoms. The molecule has 32 heavy (non-hydrogen) atoms. The Labute approximate surface area is 192 Å². The number of aromatic amines is 1. The summed E-state index contributed by atoms with van der Waals surface area (Å²) in [6.07, 6.45) is -0.0687. The monoisotopic (exact) mass is 456 g/mol. The van der Waals surface area contributed by atoms with Gasteiger partial charge in [0.15, 0.2) is 0 Å². The number of nitrogens with zero attached hydrogens (tertiary/aromatic N) is 1. The number of ether oxygens (including phenoxy) is 1. The number of amides is 2. The molecule has 1 unspecified atom stereocenters.